The van der Waals surface area contributed by atoms with Gasteiger partial charge in [-0.2, -0.15) is 0 Å². The minimum Gasteiger partial charge on any atom is -0.357 e. The van der Waals surface area contributed by atoms with Gasteiger partial charge in [-0.3, -0.25) is 4.79 Å². The summed E-state index contributed by atoms with van der Waals surface area (Å²) in [6.07, 6.45) is 6.20. The maximum absolute atomic E-state index is 11.3. The van der Waals surface area contributed by atoms with E-state index >= 15 is 0 Å². The van der Waals surface area contributed by atoms with E-state index in [1.807, 2.05) is 18.5 Å². The van der Waals surface area contributed by atoms with Gasteiger partial charge in [-0.25, -0.2) is 0 Å². The van der Waals surface area contributed by atoms with Gasteiger partial charge in [0.2, 0.25) is 0 Å². The molecule has 0 radical (unpaired) electrons. The highest BCUT2D eigenvalue weighted by Gasteiger charge is 2.25. The molecule has 2 N–H and O–H groups in total. The number of aromatic amines is 2. The molecule has 0 aliphatic heterocycles. The van der Waals surface area contributed by atoms with Crippen LogP contribution < -0.4 is 5.56 Å². The summed E-state index contributed by atoms with van der Waals surface area (Å²) in [5.74, 6) is 0.676. The van der Waals surface area contributed by atoms with Crippen molar-refractivity contribution >= 4 is 10.9 Å². The normalized spacial score (nSPS) is 16.6. The molecule has 2 aromatic rings. The summed E-state index contributed by atoms with van der Waals surface area (Å²) in [5, 5.41) is 1.09. The number of rotatable bonds is 1. The van der Waals surface area contributed by atoms with Crippen LogP contribution in [0.4, 0.5) is 0 Å². The van der Waals surface area contributed by atoms with Crippen molar-refractivity contribution in [2.45, 2.75) is 18.8 Å². The van der Waals surface area contributed by atoms with Crippen molar-refractivity contribution in [3.05, 3.63) is 34.4 Å². The average molecular weight is 174 g/mol. The maximum atomic E-state index is 11.3. The largest absolute Gasteiger partial charge is 0.357 e. The minimum atomic E-state index is -0.0237. The lowest BCUT2D eigenvalue weighted by atomic mass is 10.1. The quantitative estimate of drug-likeness (QED) is 0.679. The second-order valence-electron chi connectivity index (χ2n) is 3.61. The molecule has 0 spiro atoms. The highest BCUT2D eigenvalue weighted by Crippen LogP contribution is 2.41. The number of hydrogen-bond donors (Lipinski definition) is 2. The Kier molecular flexibility index (Phi) is 1.20. The summed E-state index contributed by atoms with van der Waals surface area (Å²) >= 11 is 0. The number of H-pyrrole nitrogens is 2. The van der Waals surface area contributed by atoms with Crippen molar-refractivity contribution in [1.82, 2.24) is 9.97 Å². The Morgan fingerprint density at radius 3 is 2.92 bits per heavy atom. The molecular formula is C10H10N2O. The van der Waals surface area contributed by atoms with Crippen LogP contribution in [-0.4, -0.2) is 9.97 Å². The van der Waals surface area contributed by atoms with Gasteiger partial charge in [0.05, 0.1) is 0 Å². The van der Waals surface area contributed by atoms with Gasteiger partial charge in [-0.15, -0.1) is 0 Å². The van der Waals surface area contributed by atoms with Crippen LogP contribution in [0.5, 0.6) is 0 Å². The number of fused-ring (bicyclic) bond motifs is 1. The van der Waals surface area contributed by atoms with Crippen LogP contribution in [0, 0.1) is 0 Å². The van der Waals surface area contributed by atoms with Gasteiger partial charge < -0.3 is 9.97 Å². The summed E-state index contributed by atoms with van der Waals surface area (Å²) in [7, 11) is 0. The molecule has 0 amide bonds. The van der Waals surface area contributed by atoms with Crippen LogP contribution in [0.15, 0.2) is 23.3 Å². The Bertz CT molecular complexity index is 505. The maximum Gasteiger partial charge on any atom is 0.272 e. The molecule has 1 saturated carbocycles. The number of aromatic nitrogens is 2. The Balaban J connectivity index is 2.40. The lowest BCUT2D eigenvalue weighted by Crippen LogP contribution is -2.06. The van der Waals surface area contributed by atoms with Gasteiger partial charge in [0.15, 0.2) is 0 Å². The van der Waals surface area contributed by atoms with Crippen LogP contribution in [0.2, 0.25) is 0 Å². The van der Waals surface area contributed by atoms with E-state index in [1.165, 1.54) is 18.4 Å². The first-order valence-electron chi connectivity index (χ1n) is 4.55. The van der Waals surface area contributed by atoms with E-state index in [4.69, 9.17) is 0 Å². The molecule has 3 nitrogen and oxygen atoms in total. The van der Waals surface area contributed by atoms with Crippen LogP contribution >= 0.6 is 0 Å². The Morgan fingerprint density at radius 2 is 2.15 bits per heavy atom. The lowest BCUT2D eigenvalue weighted by molar-refractivity contribution is 1.10. The molecule has 66 valence electrons. The third kappa shape index (κ3) is 0.932. The first-order chi connectivity index (χ1) is 6.36. The summed E-state index contributed by atoms with van der Waals surface area (Å²) in [4.78, 5) is 17.1. The molecule has 13 heavy (non-hydrogen) atoms. The zero-order valence-electron chi connectivity index (χ0n) is 7.13. The monoisotopic (exact) mass is 174 g/mol. The van der Waals surface area contributed by atoms with E-state index in [1.54, 1.807) is 0 Å². The molecule has 0 unspecified atom stereocenters. The van der Waals surface area contributed by atoms with Gasteiger partial charge in [0.25, 0.3) is 5.56 Å². The van der Waals surface area contributed by atoms with E-state index in [0.717, 1.165) is 5.39 Å². The fourth-order valence-corrected chi connectivity index (χ4v) is 1.82. The topological polar surface area (TPSA) is 48.6 Å². The summed E-state index contributed by atoms with van der Waals surface area (Å²) in [6.45, 7) is 0. The number of hydrogen-bond acceptors (Lipinski definition) is 1. The van der Waals surface area contributed by atoms with Crippen LogP contribution in [0.3, 0.4) is 0 Å². The molecule has 0 atom stereocenters. The average Bonchev–Trinajstić information content (AvgIpc) is 2.83. The third-order valence-electron chi connectivity index (χ3n) is 2.66. The molecule has 0 saturated heterocycles. The van der Waals surface area contributed by atoms with E-state index < -0.39 is 0 Å². The highest BCUT2D eigenvalue weighted by molar-refractivity contribution is 5.82. The first kappa shape index (κ1) is 6.95. The van der Waals surface area contributed by atoms with Crippen molar-refractivity contribution in [2.24, 2.45) is 0 Å². The predicted octanol–water partition coefficient (Wildman–Crippen LogP) is 1.73. The third-order valence-corrected chi connectivity index (χ3v) is 2.66. The second-order valence-corrected chi connectivity index (χ2v) is 3.61. The standard InChI is InChI=1S/C10H10N2O/c13-10-9-7(3-4-11-9)8(5-12-10)6-1-2-6/h3-6,11H,1-2H2,(H,12,13). The molecule has 0 aromatic carbocycles. The summed E-state index contributed by atoms with van der Waals surface area (Å²) in [5.41, 5.74) is 1.98. The Morgan fingerprint density at radius 1 is 1.31 bits per heavy atom. The fraction of sp³-hybridized carbons (Fsp3) is 0.300. The van der Waals surface area contributed by atoms with Crippen LogP contribution in [0.1, 0.15) is 24.3 Å². The SMILES string of the molecule is O=c1[nH]cc(C2CC2)c2cc[nH]c12. The molecule has 3 heteroatoms. The fourth-order valence-electron chi connectivity index (χ4n) is 1.82. The van der Waals surface area contributed by atoms with Gasteiger partial charge >= 0.3 is 0 Å². The molecule has 0 bridgehead atoms. The van der Waals surface area contributed by atoms with Crippen molar-refractivity contribution in [2.75, 3.05) is 0 Å². The van der Waals surface area contributed by atoms with Crippen LogP contribution in [0.25, 0.3) is 10.9 Å². The zero-order chi connectivity index (χ0) is 8.84. The van der Waals surface area contributed by atoms with E-state index in [2.05, 4.69) is 9.97 Å². The van der Waals surface area contributed by atoms with Crippen molar-refractivity contribution in [3.63, 3.8) is 0 Å². The molecule has 1 aliphatic rings. The summed E-state index contributed by atoms with van der Waals surface area (Å²) < 4.78 is 0. The molecule has 2 aromatic heterocycles. The molecule has 3 rings (SSSR count). The molecular weight excluding hydrogens is 164 g/mol. The highest BCUT2D eigenvalue weighted by atomic mass is 16.1. The van der Waals surface area contributed by atoms with E-state index in [9.17, 15) is 4.79 Å². The van der Waals surface area contributed by atoms with Crippen LogP contribution in [-0.2, 0) is 0 Å². The van der Waals surface area contributed by atoms with Gasteiger partial charge in [-0.1, -0.05) is 0 Å². The van der Waals surface area contributed by atoms with Gasteiger partial charge in [0.1, 0.15) is 5.52 Å². The summed E-state index contributed by atoms with van der Waals surface area (Å²) in [6, 6.07) is 1.98. The predicted molar refractivity (Wildman–Crippen MR) is 50.9 cm³/mol. The van der Waals surface area contributed by atoms with E-state index in [0.29, 0.717) is 11.4 Å². The van der Waals surface area contributed by atoms with Crippen molar-refractivity contribution < 1.29 is 0 Å². The van der Waals surface area contributed by atoms with E-state index in [-0.39, 0.29) is 5.56 Å². The number of nitrogens with one attached hydrogen (secondary N) is 2. The van der Waals surface area contributed by atoms with Crippen molar-refractivity contribution in [3.8, 4) is 0 Å². The van der Waals surface area contributed by atoms with Gasteiger partial charge in [-0.05, 0) is 30.4 Å². The Labute approximate surface area is 74.8 Å². The number of pyridine rings is 1. The van der Waals surface area contributed by atoms with Gasteiger partial charge in [0, 0.05) is 17.8 Å². The lowest BCUT2D eigenvalue weighted by Gasteiger charge is -1.98. The minimum absolute atomic E-state index is 0.0237. The van der Waals surface area contributed by atoms with Crippen molar-refractivity contribution in [1.29, 1.82) is 0 Å². The zero-order valence-corrected chi connectivity index (χ0v) is 7.13. The first-order valence-corrected chi connectivity index (χ1v) is 4.55. The Hall–Kier alpha value is -1.51. The smallest absolute Gasteiger partial charge is 0.272 e. The second kappa shape index (κ2) is 2.25. The molecule has 2 heterocycles. The molecule has 1 aliphatic carbocycles. The molecule has 1 fully saturated rings.